The molecule has 0 atom stereocenters. The third kappa shape index (κ3) is 2.79. The van der Waals surface area contributed by atoms with Crippen LogP contribution >= 0.6 is 0 Å². The van der Waals surface area contributed by atoms with Crippen LogP contribution in [0, 0.1) is 6.92 Å². The molecular weight excluding hydrogens is 236 g/mol. The van der Waals surface area contributed by atoms with Crippen LogP contribution in [0.25, 0.3) is 11.3 Å². The number of piperidine rings is 1. The van der Waals surface area contributed by atoms with Gasteiger partial charge in [0.15, 0.2) is 0 Å². The minimum absolute atomic E-state index is 0.483. The quantitative estimate of drug-likeness (QED) is 0.893. The van der Waals surface area contributed by atoms with Gasteiger partial charge in [0.25, 0.3) is 0 Å². The van der Waals surface area contributed by atoms with Gasteiger partial charge in [-0.2, -0.15) is 0 Å². The Hall–Kier alpha value is -1.81. The number of nitrogens with zero attached hydrogens (tertiary/aromatic N) is 3. The molecule has 1 aliphatic heterocycles. The lowest BCUT2D eigenvalue weighted by Gasteiger charge is -2.22. The highest BCUT2D eigenvalue weighted by Crippen LogP contribution is 2.25. The second-order valence-electron chi connectivity index (χ2n) is 5.02. The Bertz CT molecular complexity index is 547. The summed E-state index contributed by atoms with van der Waals surface area (Å²) >= 11 is 0. The van der Waals surface area contributed by atoms with Crippen molar-refractivity contribution in [1.82, 2.24) is 20.3 Å². The molecule has 1 fully saturated rings. The first kappa shape index (κ1) is 12.2. The van der Waals surface area contributed by atoms with E-state index in [1.165, 1.54) is 0 Å². The fraction of sp³-hybridized carbons (Fsp3) is 0.400. The Balaban J connectivity index is 1.96. The average molecular weight is 254 g/mol. The van der Waals surface area contributed by atoms with E-state index in [0.29, 0.717) is 5.92 Å². The predicted octanol–water partition coefficient (Wildman–Crippen LogP) is 2.31. The number of nitrogens with one attached hydrogen (secondary N) is 1. The largest absolute Gasteiger partial charge is 0.317 e. The zero-order chi connectivity index (χ0) is 13.1. The van der Waals surface area contributed by atoms with E-state index in [2.05, 4.69) is 15.3 Å². The summed E-state index contributed by atoms with van der Waals surface area (Å²) in [5, 5.41) is 3.38. The molecule has 0 aromatic carbocycles. The first-order chi connectivity index (χ1) is 9.33. The van der Waals surface area contributed by atoms with Crippen molar-refractivity contribution in [3.05, 3.63) is 42.1 Å². The van der Waals surface area contributed by atoms with Crippen LogP contribution in [0.2, 0.25) is 0 Å². The number of pyridine rings is 1. The van der Waals surface area contributed by atoms with Crippen molar-refractivity contribution in [1.29, 1.82) is 0 Å². The molecule has 98 valence electrons. The van der Waals surface area contributed by atoms with Crippen molar-refractivity contribution in [3.63, 3.8) is 0 Å². The van der Waals surface area contributed by atoms with Crippen LogP contribution in [-0.2, 0) is 0 Å². The molecule has 19 heavy (non-hydrogen) atoms. The first-order valence-corrected chi connectivity index (χ1v) is 6.79. The minimum atomic E-state index is 0.483. The van der Waals surface area contributed by atoms with Crippen LogP contribution in [0.15, 0.2) is 30.6 Å². The number of hydrogen-bond donors (Lipinski definition) is 1. The topological polar surface area (TPSA) is 50.7 Å². The van der Waals surface area contributed by atoms with Gasteiger partial charge >= 0.3 is 0 Å². The molecule has 3 rings (SSSR count). The highest BCUT2D eigenvalue weighted by molar-refractivity contribution is 5.57. The van der Waals surface area contributed by atoms with Gasteiger partial charge in [-0.1, -0.05) is 0 Å². The predicted molar refractivity (Wildman–Crippen MR) is 74.8 cm³/mol. The normalized spacial score (nSPS) is 16.5. The molecule has 0 aliphatic carbocycles. The van der Waals surface area contributed by atoms with Gasteiger partial charge in [-0.05, 0) is 51.1 Å². The molecule has 2 aromatic heterocycles. The maximum atomic E-state index is 4.75. The summed E-state index contributed by atoms with van der Waals surface area (Å²) in [6.07, 6.45) is 5.88. The Kier molecular flexibility index (Phi) is 3.51. The van der Waals surface area contributed by atoms with Gasteiger partial charge in [0.05, 0.1) is 5.69 Å². The summed E-state index contributed by atoms with van der Waals surface area (Å²) in [6.45, 7) is 4.15. The molecule has 0 amide bonds. The first-order valence-electron chi connectivity index (χ1n) is 6.79. The van der Waals surface area contributed by atoms with Crippen molar-refractivity contribution in [2.24, 2.45) is 0 Å². The number of rotatable bonds is 2. The second-order valence-corrected chi connectivity index (χ2v) is 5.02. The van der Waals surface area contributed by atoms with E-state index in [0.717, 1.165) is 48.7 Å². The van der Waals surface area contributed by atoms with Crippen LogP contribution in [0.3, 0.4) is 0 Å². The van der Waals surface area contributed by atoms with Gasteiger partial charge in [0.1, 0.15) is 5.82 Å². The molecule has 1 N–H and O–H groups in total. The van der Waals surface area contributed by atoms with Crippen molar-refractivity contribution in [2.45, 2.75) is 25.7 Å². The monoisotopic (exact) mass is 254 g/mol. The number of aromatic nitrogens is 3. The van der Waals surface area contributed by atoms with Crippen LogP contribution in [0.5, 0.6) is 0 Å². The molecule has 0 radical (unpaired) electrons. The molecule has 4 heteroatoms. The molecule has 0 bridgehead atoms. The molecule has 0 spiro atoms. The van der Waals surface area contributed by atoms with E-state index >= 15 is 0 Å². The lowest BCUT2D eigenvalue weighted by Crippen LogP contribution is -2.27. The SMILES string of the molecule is Cc1cc(-c2cccnc2)nc(C2CCNCC2)n1. The summed E-state index contributed by atoms with van der Waals surface area (Å²) in [5.74, 6) is 1.47. The van der Waals surface area contributed by atoms with Crippen LogP contribution in [0.1, 0.15) is 30.3 Å². The number of hydrogen-bond acceptors (Lipinski definition) is 4. The molecule has 3 heterocycles. The third-order valence-corrected chi connectivity index (χ3v) is 3.53. The smallest absolute Gasteiger partial charge is 0.132 e. The van der Waals surface area contributed by atoms with Crippen molar-refractivity contribution >= 4 is 0 Å². The van der Waals surface area contributed by atoms with Gasteiger partial charge in [0, 0.05) is 29.6 Å². The van der Waals surface area contributed by atoms with Gasteiger partial charge in [-0.15, -0.1) is 0 Å². The van der Waals surface area contributed by atoms with Gasteiger partial charge in [0.2, 0.25) is 0 Å². The number of aryl methyl sites for hydroxylation is 1. The van der Waals surface area contributed by atoms with Gasteiger partial charge in [-0.3, -0.25) is 4.98 Å². The lowest BCUT2D eigenvalue weighted by atomic mass is 9.97. The fourth-order valence-corrected chi connectivity index (χ4v) is 2.52. The Morgan fingerprint density at radius 2 is 2.05 bits per heavy atom. The van der Waals surface area contributed by atoms with E-state index in [-0.39, 0.29) is 0 Å². The van der Waals surface area contributed by atoms with E-state index in [1.807, 2.05) is 31.3 Å². The average Bonchev–Trinajstić information content (AvgIpc) is 2.48. The van der Waals surface area contributed by atoms with Crippen molar-refractivity contribution in [2.75, 3.05) is 13.1 Å². The Morgan fingerprint density at radius 1 is 1.21 bits per heavy atom. The van der Waals surface area contributed by atoms with Gasteiger partial charge in [-0.25, -0.2) is 9.97 Å². The van der Waals surface area contributed by atoms with Gasteiger partial charge < -0.3 is 5.32 Å². The van der Waals surface area contributed by atoms with E-state index in [9.17, 15) is 0 Å². The Labute approximate surface area is 113 Å². The molecule has 0 unspecified atom stereocenters. The highest BCUT2D eigenvalue weighted by atomic mass is 14.9. The zero-order valence-corrected chi connectivity index (χ0v) is 11.1. The lowest BCUT2D eigenvalue weighted by molar-refractivity contribution is 0.444. The van der Waals surface area contributed by atoms with E-state index < -0.39 is 0 Å². The summed E-state index contributed by atoms with van der Waals surface area (Å²) < 4.78 is 0. The maximum Gasteiger partial charge on any atom is 0.132 e. The van der Waals surface area contributed by atoms with E-state index in [1.54, 1.807) is 6.20 Å². The second kappa shape index (κ2) is 5.45. The van der Waals surface area contributed by atoms with Crippen LogP contribution < -0.4 is 5.32 Å². The summed E-state index contributed by atoms with van der Waals surface area (Å²) in [6, 6.07) is 6.01. The van der Waals surface area contributed by atoms with Crippen molar-refractivity contribution in [3.8, 4) is 11.3 Å². The molecule has 1 saturated heterocycles. The van der Waals surface area contributed by atoms with E-state index in [4.69, 9.17) is 4.98 Å². The maximum absolute atomic E-state index is 4.75. The molecular formula is C15H18N4. The van der Waals surface area contributed by atoms with Crippen LogP contribution in [-0.4, -0.2) is 28.0 Å². The molecule has 0 saturated carbocycles. The minimum Gasteiger partial charge on any atom is -0.317 e. The standard InChI is InChI=1S/C15H18N4/c1-11-9-14(13-3-2-6-17-10-13)19-15(18-11)12-4-7-16-8-5-12/h2-3,6,9-10,12,16H,4-5,7-8H2,1H3. The zero-order valence-electron chi connectivity index (χ0n) is 11.1. The summed E-state index contributed by atoms with van der Waals surface area (Å²) in [7, 11) is 0. The van der Waals surface area contributed by atoms with Crippen molar-refractivity contribution < 1.29 is 0 Å². The molecule has 1 aliphatic rings. The molecule has 2 aromatic rings. The summed E-state index contributed by atoms with van der Waals surface area (Å²) in [4.78, 5) is 13.5. The third-order valence-electron chi connectivity index (χ3n) is 3.53. The fourth-order valence-electron chi connectivity index (χ4n) is 2.52. The summed E-state index contributed by atoms with van der Waals surface area (Å²) in [5.41, 5.74) is 3.07. The highest BCUT2D eigenvalue weighted by Gasteiger charge is 2.18. The molecule has 4 nitrogen and oxygen atoms in total. The Morgan fingerprint density at radius 3 is 2.79 bits per heavy atom. The van der Waals surface area contributed by atoms with Crippen LogP contribution in [0.4, 0.5) is 0 Å².